The highest BCUT2D eigenvalue weighted by Crippen LogP contribution is 2.28. The molecule has 26 heavy (non-hydrogen) atoms. The quantitative estimate of drug-likeness (QED) is 0.274. The van der Waals surface area contributed by atoms with E-state index < -0.39 is 27.1 Å². The molecule has 0 aliphatic heterocycles. The van der Waals surface area contributed by atoms with Crippen LogP contribution in [0.25, 0.3) is 6.08 Å². The van der Waals surface area contributed by atoms with E-state index in [-0.39, 0.29) is 22.6 Å². The van der Waals surface area contributed by atoms with Crippen molar-refractivity contribution >= 4 is 29.0 Å². The Kier molecular flexibility index (Phi) is 5.24. The molecule has 0 aliphatic rings. The minimum absolute atomic E-state index is 0.0529. The van der Waals surface area contributed by atoms with Gasteiger partial charge in [-0.15, -0.1) is 0 Å². The maximum Gasteiger partial charge on any atom is 0.276 e. The molecule has 0 unspecified atom stereocenters. The number of nitro groups is 2. The number of amides is 1. The molecule has 0 aromatic heterocycles. The first kappa shape index (κ1) is 18.1. The van der Waals surface area contributed by atoms with E-state index in [9.17, 15) is 30.1 Å². The lowest BCUT2D eigenvalue weighted by Gasteiger charge is -2.06. The fraction of sp³-hybridized carbons (Fsp3) is 0. The number of hydrogen-bond donors (Lipinski definition) is 2. The van der Waals surface area contributed by atoms with Crippen molar-refractivity contribution in [3.05, 3.63) is 73.8 Å². The van der Waals surface area contributed by atoms with Gasteiger partial charge in [-0.3, -0.25) is 25.0 Å². The highest BCUT2D eigenvalue weighted by Gasteiger charge is 2.17. The van der Waals surface area contributed by atoms with E-state index in [4.69, 9.17) is 5.26 Å². The lowest BCUT2D eigenvalue weighted by atomic mass is 10.1. The molecule has 130 valence electrons. The Morgan fingerprint density at radius 1 is 1.15 bits per heavy atom. The van der Waals surface area contributed by atoms with Gasteiger partial charge < -0.3 is 10.4 Å². The molecule has 0 saturated carbocycles. The number of non-ortho nitro benzene ring substituents is 1. The number of nitriles is 1. The molecule has 0 bridgehead atoms. The van der Waals surface area contributed by atoms with E-state index in [0.29, 0.717) is 0 Å². The minimum atomic E-state index is -0.935. The van der Waals surface area contributed by atoms with Gasteiger partial charge in [0.05, 0.1) is 27.2 Å². The minimum Gasteiger partial charge on any atom is -0.506 e. The van der Waals surface area contributed by atoms with E-state index in [1.54, 1.807) is 6.07 Å². The first-order valence-corrected chi connectivity index (χ1v) is 6.97. The van der Waals surface area contributed by atoms with Gasteiger partial charge in [-0.25, -0.2) is 0 Å². The van der Waals surface area contributed by atoms with Gasteiger partial charge in [0.25, 0.3) is 17.3 Å². The Labute approximate surface area is 145 Å². The van der Waals surface area contributed by atoms with Crippen LogP contribution < -0.4 is 5.32 Å². The Morgan fingerprint density at radius 3 is 2.42 bits per heavy atom. The van der Waals surface area contributed by atoms with Gasteiger partial charge in [0.2, 0.25) is 0 Å². The van der Waals surface area contributed by atoms with Crippen molar-refractivity contribution in [3.63, 3.8) is 0 Å². The Balaban J connectivity index is 2.32. The molecule has 0 saturated heterocycles. The molecule has 2 N–H and O–H groups in total. The Hall–Kier alpha value is -4.26. The molecule has 2 aromatic carbocycles. The van der Waals surface area contributed by atoms with Crippen molar-refractivity contribution in [2.24, 2.45) is 0 Å². The summed E-state index contributed by atoms with van der Waals surface area (Å²) in [6, 6.07) is 10.2. The van der Waals surface area contributed by atoms with Crippen LogP contribution in [0.3, 0.4) is 0 Å². The van der Waals surface area contributed by atoms with Crippen molar-refractivity contribution in [1.82, 2.24) is 0 Å². The second-order valence-corrected chi connectivity index (χ2v) is 4.90. The fourth-order valence-electron chi connectivity index (χ4n) is 2.01. The van der Waals surface area contributed by atoms with Gasteiger partial charge in [-0.1, -0.05) is 12.1 Å². The maximum absolute atomic E-state index is 12.2. The number of rotatable bonds is 5. The van der Waals surface area contributed by atoms with Crippen LogP contribution in [0.1, 0.15) is 5.56 Å². The standard InChI is InChI=1S/C16H10N4O6/c17-9-11(7-10-3-1-2-4-14(10)20(25)26)16(22)18-13-6-5-12(19(23)24)8-15(13)21/h1-8,21H,(H,18,22). The number of phenols is 1. The van der Waals surface area contributed by atoms with Crippen LogP contribution >= 0.6 is 0 Å². The Bertz CT molecular complexity index is 977. The normalized spacial score (nSPS) is 10.7. The van der Waals surface area contributed by atoms with Crippen LogP contribution in [-0.4, -0.2) is 20.9 Å². The average molecular weight is 354 g/mol. The zero-order valence-corrected chi connectivity index (χ0v) is 12.9. The van der Waals surface area contributed by atoms with Gasteiger partial charge in [0, 0.05) is 12.1 Å². The average Bonchev–Trinajstić information content (AvgIpc) is 2.61. The number of hydrogen-bond acceptors (Lipinski definition) is 7. The summed E-state index contributed by atoms with van der Waals surface area (Å²) in [6.45, 7) is 0. The number of phenolic OH excluding ortho intramolecular Hbond substituents is 1. The van der Waals surface area contributed by atoms with Crippen molar-refractivity contribution in [1.29, 1.82) is 5.26 Å². The third-order valence-corrected chi connectivity index (χ3v) is 3.24. The fourth-order valence-corrected chi connectivity index (χ4v) is 2.01. The van der Waals surface area contributed by atoms with E-state index in [0.717, 1.165) is 24.3 Å². The number of anilines is 1. The summed E-state index contributed by atoms with van der Waals surface area (Å²) in [4.78, 5) is 32.4. The number of carbonyl (C=O) groups is 1. The van der Waals surface area contributed by atoms with Crippen molar-refractivity contribution in [2.75, 3.05) is 5.32 Å². The zero-order valence-electron chi connectivity index (χ0n) is 12.9. The maximum atomic E-state index is 12.2. The van der Waals surface area contributed by atoms with E-state index in [2.05, 4.69) is 5.32 Å². The predicted molar refractivity (Wildman–Crippen MR) is 90.1 cm³/mol. The van der Waals surface area contributed by atoms with Gasteiger partial charge in [0.1, 0.15) is 17.4 Å². The second kappa shape index (κ2) is 7.54. The number of benzene rings is 2. The summed E-state index contributed by atoms with van der Waals surface area (Å²) in [5.41, 5.74) is -1.21. The van der Waals surface area contributed by atoms with Crippen molar-refractivity contribution in [2.45, 2.75) is 0 Å². The molecule has 0 radical (unpaired) electrons. The highest BCUT2D eigenvalue weighted by molar-refractivity contribution is 6.10. The van der Waals surface area contributed by atoms with Crippen LogP contribution in [-0.2, 0) is 4.79 Å². The summed E-state index contributed by atoms with van der Waals surface area (Å²) < 4.78 is 0. The van der Waals surface area contributed by atoms with E-state index >= 15 is 0 Å². The van der Waals surface area contributed by atoms with E-state index in [1.807, 2.05) is 0 Å². The number of aromatic hydroxyl groups is 1. The molecule has 0 aliphatic carbocycles. The monoisotopic (exact) mass is 354 g/mol. The molecule has 2 aromatic rings. The summed E-state index contributed by atoms with van der Waals surface area (Å²) in [5.74, 6) is -1.50. The molecule has 0 spiro atoms. The van der Waals surface area contributed by atoms with Gasteiger partial charge >= 0.3 is 0 Å². The molecule has 0 fully saturated rings. The van der Waals surface area contributed by atoms with Crippen molar-refractivity contribution < 1.29 is 19.7 Å². The van der Waals surface area contributed by atoms with Crippen molar-refractivity contribution in [3.8, 4) is 11.8 Å². The van der Waals surface area contributed by atoms with Crippen LogP contribution in [0, 0.1) is 31.6 Å². The summed E-state index contributed by atoms with van der Waals surface area (Å²) in [5, 5.41) is 42.7. The van der Waals surface area contributed by atoms with Crippen LogP contribution in [0.4, 0.5) is 17.1 Å². The molecule has 10 nitrogen and oxygen atoms in total. The molecular weight excluding hydrogens is 344 g/mol. The SMILES string of the molecule is N#CC(=Cc1ccccc1[N+](=O)[O-])C(=O)Nc1ccc([N+](=O)[O-])cc1O. The lowest BCUT2D eigenvalue weighted by Crippen LogP contribution is -2.13. The summed E-state index contributed by atoms with van der Waals surface area (Å²) in [7, 11) is 0. The van der Waals surface area contributed by atoms with Crippen LogP contribution in [0.15, 0.2) is 48.0 Å². The first-order chi connectivity index (χ1) is 12.3. The first-order valence-electron chi connectivity index (χ1n) is 6.97. The summed E-state index contributed by atoms with van der Waals surface area (Å²) >= 11 is 0. The smallest absolute Gasteiger partial charge is 0.276 e. The summed E-state index contributed by atoms with van der Waals surface area (Å²) in [6.07, 6.45) is 1.04. The number of carbonyl (C=O) groups excluding carboxylic acids is 1. The number of nitrogens with zero attached hydrogens (tertiary/aromatic N) is 3. The molecule has 2 rings (SSSR count). The highest BCUT2D eigenvalue weighted by atomic mass is 16.6. The van der Waals surface area contributed by atoms with E-state index in [1.165, 1.54) is 24.3 Å². The largest absolute Gasteiger partial charge is 0.506 e. The number of nitro benzene ring substituents is 2. The topological polar surface area (TPSA) is 159 Å². The molecule has 10 heteroatoms. The number of para-hydroxylation sites is 1. The van der Waals surface area contributed by atoms with Gasteiger partial charge in [-0.05, 0) is 18.2 Å². The molecule has 0 heterocycles. The van der Waals surface area contributed by atoms with Crippen LogP contribution in [0.5, 0.6) is 5.75 Å². The molecular formula is C16H10N4O6. The second-order valence-electron chi connectivity index (χ2n) is 4.90. The molecule has 0 atom stereocenters. The third kappa shape index (κ3) is 3.98. The van der Waals surface area contributed by atoms with Crippen LogP contribution in [0.2, 0.25) is 0 Å². The molecule has 1 amide bonds. The lowest BCUT2D eigenvalue weighted by molar-refractivity contribution is -0.385. The third-order valence-electron chi connectivity index (χ3n) is 3.24. The Morgan fingerprint density at radius 2 is 1.85 bits per heavy atom. The number of nitrogens with one attached hydrogen (secondary N) is 1. The van der Waals surface area contributed by atoms with Gasteiger partial charge in [-0.2, -0.15) is 5.26 Å². The zero-order chi connectivity index (χ0) is 19.3. The predicted octanol–water partition coefficient (Wildman–Crippen LogP) is 2.75. The van der Waals surface area contributed by atoms with Gasteiger partial charge in [0.15, 0.2) is 0 Å².